The molecule has 0 aliphatic heterocycles. The number of alkyl halides is 6. The van der Waals surface area contributed by atoms with Crippen molar-refractivity contribution >= 4 is 66.8 Å². The third-order valence-electron chi connectivity index (χ3n) is 4.05. The van der Waals surface area contributed by atoms with Crippen LogP contribution in [0.5, 0.6) is 0 Å². The van der Waals surface area contributed by atoms with Crippen LogP contribution in [0.4, 0.5) is 26.3 Å². The molecule has 0 saturated heterocycles. The number of hydrogen-bond donors (Lipinski definition) is 0. The van der Waals surface area contributed by atoms with Crippen LogP contribution in [-0.4, -0.2) is 12.4 Å². The predicted molar refractivity (Wildman–Crippen MR) is 113 cm³/mol. The van der Waals surface area contributed by atoms with E-state index in [1.54, 1.807) is 0 Å². The van der Waals surface area contributed by atoms with Crippen molar-refractivity contribution in [1.29, 1.82) is 0 Å². The summed E-state index contributed by atoms with van der Waals surface area (Å²) in [6, 6.07) is 4.79. The monoisotopic (exact) mass is 602 g/mol. The van der Waals surface area contributed by atoms with E-state index in [4.69, 9.17) is 23.2 Å². The SMILES string of the molecule is Cc1cc(Cl)c(Br)cc1C(SC(c1cc(Br)c(Cl)cc1C)C(F)(F)F)C(F)(F)F. The summed E-state index contributed by atoms with van der Waals surface area (Å²) in [4.78, 5) is 0. The lowest BCUT2D eigenvalue weighted by Gasteiger charge is -2.29. The molecule has 0 amide bonds. The van der Waals surface area contributed by atoms with Gasteiger partial charge < -0.3 is 0 Å². The molecule has 2 rings (SSSR count). The Bertz CT molecular complexity index is 841. The molecule has 0 fully saturated rings. The van der Waals surface area contributed by atoms with Gasteiger partial charge in [0.1, 0.15) is 10.5 Å². The standard InChI is InChI=1S/C18H12Br2Cl2F6S/c1-7-3-13(21)11(19)5-9(7)15(17(23,24)25)29-16(18(26,27)28)10-6-12(20)14(22)4-8(10)2/h3-6,15-16H,1-2H3. The molecule has 0 saturated carbocycles. The van der Waals surface area contributed by atoms with E-state index >= 15 is 0 Å². The van der Waals surface area contributed by atoms with Gasteiger partial charge in [-0.3, -0.25) is 0 Å². The van der Waals surface area contributed by atoms with E-state index in [0.717, 1.165) is 12.1 Å². The number of halogens is 10. The molecule has 0 heterocycles. The highest BCUT2D eigenvalue weighted by atomic mass is 79.9. The van der Waals surface area contributed by atoms with E-state index in [9.17, 15) is 26.3 Å². The first kappa shape index (κ1) is 25.2. The zero-order valence-corrected chi connectivity index (χ0v) is 20.2. The van der Waals surface area contributed by atoms with Gasteiger partial charge in [-0.1, -0.05) is 23.2 Å². The second-order valence-corrected chi connectivity index (χ2v) is 9.96. The number of hydrogen-bond acceptors (Lipinski definition) is 1. The van der Waals surface area contributed by atoms with Crippen molar-refractivity contribution in [3.8, 4) is 0 Å². The maximum absolute atomic E-state index is 13.9. The van der Waals surface area contributed by atoms with Gasteiger partial charge in [0.05, 0.1) is 10.0 Å². The highest BCUT2D eigenvalue weighted by molar-refractivity contribution is 9.10. The van der Waals surface area contributed by atoms with Crippen molar-refractivity contribution in [2.45, 2.75) is 36.7 Å². The average Bonchev–Trinajstić information content (AvgIpc) is 2.54. The smallest absolute Gasteiger partial charge is 0.169 e. The van der Waals surface area contributed by atoms with E-state index in [-0.39, 0.29) is 53.0 Å². The Morgan fingerprint density at radius 1 is 0.724 bits per heavy atom. The van der Waals surface area contributed by atoms with Crippen LogP contribution in [0, 0.1) is 13.8 Å². The Balaban J connectivity index is 2.63. The third-order valence-corrected chi connectivity index (χ3v) is 8.03. The fraction of sp³-hybridized carbons (Fsp3) is 0.333. The van der Waals surface area contributed by atoms with E-state index < -0.39 is 22.9 Å². The molecule has 0 aliphatic rings. The lowest BCUT2D eigenvalue weighted by Crippen LogP contribution is -2.25. The van der Waals surface area contributed by atoms with Crippen LogP contribution in [0.25, 0.3) is 0 Å². The summed E-state index contributed by atoms with van der Waals surface area (Å²) < 4.78 is 83.5. The molecule has 2 atom stereocenters. The summed E-state index contributed by atoms with van der Waals surface area (Å²) in [5.41, 5.74) is -0.302. The molecule has 29 heavy (non-hydrogen) atoms. The minimum atomic E-state index is -4.93. The van der Waals surface area contributed by atoms with Crippen LogP contribution in [0.3, 0.4) is 0 Å². The summed E-state index contributed by atoms with van der Waals surface area (Å²) in [6.45, 7) is 2.75. The summed E-state index contributed by atoms with van der Waals surface area (Å²) in [5.74, 6) is 0. The maximum atomic E-state index is 13.9. The Morgan fingerprint density at radius 3 is 1.31 bits per heavy atom. The molecule has 0 nitrogen and oxygen atoms in total. The van der Waals surface area contributed by atoms with Gasteiger partial charge in [-0.15, -0.1) is 11.8 Å². The first-order chi connectivity index (χ1) is 13.1. The Morgan fingerprint density at radius 2 is 1.03 bits per heavy atom. The van der Waals surface area contributed by atoms with Gasteiger partial charge in [0.2, 0.25) is 0 Å². The molecule has 0 aliphatic carbocycles. The highest BCUT2D eigenvalue weighted by Gasteiger charge is 2.50. The van der Waals surface area contributed by atoms with Crippen LogP contribution in [0.2, 0.25) is 10.0 Å². The topological polar surface area (TPSA) is 0 Å². The van der Waals surface area contributed by atoms with Crippen molar-refractivity contribution < 1.29 is 26.3 Å². The quantitative estimate of drug-likeness (QED) is 0.313. The molecule has 11 heteroatoms. The van der Waals surface area contributed by atoms with Crippen molar-refractivity contribution in [2.75, 3.05) is 0 Å². The number of rotatable bonds is 4. The maximum Gasteiger partial charge on any atom is 0.404 e. The zero-order chi connectivity index (χ0) is 22.3. The van der Waals surface area contributed by atoms with Gasteiger partial charge in [-0.05, 0) is 92.2 Å². The van der Waals surface area contributed by atoms with Gasteiger partial charge in [0.15, 0.2) is 0 Å². The number of aryl methyl sites for hydroxylation is 2. The minimum Gasteiger partial charge on any atom is -0.169 e. The molecule has 0 radical (unpaired) electrons. The molecule has 160 valence electrons. The van der Waals surface area contributed by atoms with Crippen LogP contribution in [0.15, 0.2) is 33.2 Å². The minimum absolute atomic E-state index is 0.142. The second kappa shape index (κ2) is 9.18. The summed E-state index contributed by atoms with van der Waals surface area (Å²) in [6.07, 6.45) is -9.85. The summed E-state index contributed by atoms with van der Waals surface area (Å²) in [5, 5.41) is -4.50. The largest absolute Gasteiger partial charge is 0.404 e. The van der Waals surface area contributed by atoms with Gasteiger partial charge in [-0.2, -0.15) is 26.3 Å². The van der Waals surface area contributed by atoms with E-state index in [0.29, 0.717) is 0 Å². The Hall–Kier alpha value is -0.0900. The third kappa shape index (κ3) is 5.99. The second-order valence-electron chi connectivity index (χ2n) is 6.23. The van der Waals surface area contributed by atoms with Gasteiger partial charge in [0, 0.05) is 8.95 Å². The van der Waals surface area contributed by atoms with Crippen molar-refractivity contribution in [1.82, 2.24) is 0 Å². The first-order valence-electron chi connectivity index (χ1n) is 7.83. The van der Waals surface area contributed by atoms with Crippen LogP contribution >= 0.6 is 66.8 Å². The Labute approximate surface area is 194 Å². The van der Waals surface area contributed by atoms with Gasteiger partial charge in [-0.25, -0.2) is 0 Å². The summed E-state index contributed by atoms with van der Waals surface area (Å²) >= 11 is 17.7. The van der Waals surface area contributed by atoms with Crippen molar-refractivity contribution in [3.05, 3.63) is 65.5 Å². The van der Waals surface area contributed by atoms with Crippen molar-refractivity contribution in [2.24, 2.45) is 0 Å². The summed E-state index contributed by atoms with van der Waals surface area (Å²) in [7, 11) is 0. The predicted octanol–water partition coefficient (Wildman–Crippen LogP) is 9.78. The van der Waals surface area contributed by atoms with Crippen LogP contribution in [-0.2, 0) is 0 Å². The lowest BCUT2D eigenvalue weighted by atomic mass is 10.0. The molecule has 2 unspecified atom stereocenters. The average molecular weight is 605 g/mol. The highest BCUT2D eigenvalue weighted by Crippen LogP contribution is 2.56. The van der Waals surface area contributed by atoms with Crippen LogP contribution in [0.1, 0.15) is 32.8 Å². The van der Waals surface area contributed by atoms with Gasteiger partial charge >= 0.3 is 12.4 Å². The first-order valence-corrected chi connectivity index (χ1v) is 11.1. The molecular formula is C18H12Br2Cl2F6S. The number of benzene rings is 2. The van der Waals surface area contributed by atoms with Crippen molar-refractivity contribution in [3.63, 3.8) is 0 Å². The Kier molecular flexibility index (Phi) is 7.97. The molecule has 2 aromatic rings. The van der Waals surface area contributed by atoms with Crippen LogP contribution < -0.4 is 0 Å². The molecule has 0 spiro atoms. The van der Waals surface area contributed by atoms with E-state index in [2.05, 4.69) is 31.9 Å². The zero-order valence-electron chi connectivity index (χ0n) is 14.7. The van der Waals surface area contributed by atoms with E-state index in [1.165, 1.54) is 26.0 Å². The number of thioether (sulfide) groups is 1. The normalized spacial score (nSPS) is 14.8. The van der Waals surface area contributed by atoms with E-state index in [1.807, 2.05) is 0 Å². The lowest BCUT2D eigenvalue weighted by molar-refractivity contribution is -0.136. The fourth-order valence-corrected chi connectivity index (χ4v) is 5.22. The molecular weight excluding hydrogens is 593 g/mol. The molecule has 0 bridgehead atoms. The fourth-order valence-electron chi connectivity index (χ4n) is 2.68. The van der Waals surface area contributed by atoms with Gasteiger partial charge in [0.25, 0.3) is 0 Å². The molecule has 0 aromatic heterocycles. The molecule has 2 aromatic carbocycles. The molecule has 0 N–H and O–H groups in total.